The third kappa shape index (κ3) is 1.37. The molecule has 1 aromatic heterocycles. The normalized spacial score (nSPS) is 19.6. The maximum atomic E-state index is 3.52. The van der Waals surface area contributed by atoms with E-state index in [1.165, 1.54) is 33.3 Å². The summed E-state index contributed by atoms with van der Waals surface area (Å²) in [7, 11) is 2.22. The second-order valence-electron chi connectivity index (χ2n) is 5.36. The van der Waals surface area contributed by atoms with Crippen LogP contribution in [-0.4, -0.2) is 11.1 Å². The first-order valence-electron chi connectivity index (χ1n) is 6.39. The van der Waals surface area contributed by atoms with Crippen molar-refractivity contribution in [3.05, 3.63) is 34.5 Å². The maximum absolute atomic E-state index is 3.52. The van der Waals surface area contributed by atoms with Gasteiger partial charge in [0.25, 0.3) is 0 Å². The number of rotatable bonds is 0. The standard InChI is InChI=1S/C15H20N2/c1-9-5-6-12-13-8-16-7-10(2)14(13)17(4)15(12)11(9)3/h5-6,10,16H,7-8H2,1-4H3. The van der Waals surface area contributed by atoms with Gasteiger partial charge in [0.2, 0.25) is 0 Å². The maximum Gasteiger partial charge on any atom is 0.0515 e. The Morgan fingerprint density at radius 1 is 1.29 bits per heavy atom. The number of hydrogen-bond acceptors (Lipinski definition) is 1. The molecule has 2 nitrogen and oxygen atoms in total. The number of fused-ring (bicyclic) bond motifs is 3. The molecule has 1 N–H and O–H groups in total. The first-order valence-corrected chi connectivity index (χ1v) is 6.39. The van der Waals surface area contributed by atoms with Crippen molar-refractivity contribution in [2.75, 3.05) is 6.54 Å². The van der Waals surface area contributed by atoms with Gasteiger partial charge in [-0.2, -0.15) is 0 Å². The molecule has 0 amide bonds. The first kappa shape index (κ1) is 10.8. The summed E-state index contributed by atoms with van der Waals surface area (Å²) in [6.45, 7) is 8.85. The van der Waals surface area contributed by atoms with E-state index in [1.807, 2.05) is 0 Å². The first-order chi connectivity index (χ1) is 8.11. The number of benzene rings is 1. The molecule has 1 aliphatic heterocycles. The highest BCUT2D eigenvalue weighted by Crippen LogP contribution is 2.34. The van der Waals surface area contributed by atoms with Gasteiger partial charge < -0.3 is 9.88 Å². The summed E-state index contributed by atoms with van der Waals surface area (Å²) in [6, 6.07) is 4.54. The zero-order valence-corrected chi connectivity index (χ0v) is 11.1. The van der Waals surface area contributed by atoms with Crippen LogP contribution in [0.4, 0.5) is 0 Å². The molecular weight excluding hydrogens is 208 g/mol. The number of aryl methyl sites for hydroxylation is 3. The lowest BCUT2D eigenvalue weighted by Crippen LogP contribution is -2.27. The Hall–Kier alpha value is -1.28. The van der Waals surface area contributed by atoms with E-state index in [1.54, 1.807) is 0 Å². The van der Waals surface area contributed by atoms with Gasteiger partial charge >= 0.3 is 0 Å². The monoisotopic (exact) mass is 228 g/mol. The molecular formula is C15H20N2. The smallest absolute Gasteiger partial charge is 0.0515 e. The zero-order chi connectivity index (χ0) is 12.2. The molecule has 0 saturated heterocycles. The van der Waals surface area contributed by atoms with Crippen molar-refractivity contribution in [3.63, 3.8) is 0 Å². The molecule has 2 aromatic rings. The fourth-order valence-electron chi connectivity index (χ4n) is 3.26. The summed E-state index contributed by atoms with van der Waals surface area (Å²) in [6.07, 6.45) is 0. The summed E-state index contributed by atoms with van der Waals surface area (Å²) in [5, 5.41) is 4.95. The van der Waals surface area contributed by atoms with E-state index in [-0.39, 0.29) is 0 Å². The molecule has 2 heterocycles. The molecule has 3 rings (SSSR count). The van der Waals surface area contributed by atoms with Crippen LogP contribution in [0.3, 0.4) is 0 Å². The van der Waals surface area contributed by atoms with Gasteiger partial charge in [-0.1, -0.05) is 19.1 Å². The Balaban J connectivity index is 2.44. The topological polar surface area (TPSA) is 17.0 Å². The van der Waals surface area contributed by atoms with Crippen LogP contribution in [0.25, 0.3) is 10.9 Å². The van der Waals surface area contributed by atoms with Crippen LogP contribution in [-0.2, 0) is 13.6 Å². The van der Waals surface area contributed by atoms with E-state index in [2.05, 4.69) is 49.8 Å². The molecule has 17 heavy (non-hydrogen) atoms. The predicted molar refractivity (Wildman–Crippen MR) is 72.5 cm³/mol. The zero-order valence-electron chi connectivity index (χ0n) is 11.1. The Morgan fingerprint density at radius 3 is 2.82 bits per heavy atom. The molecule has 1 aromatic carbocycles. The molecule has 0 radical (unpaired) electrons. The quantitative estimate of drug-likeness (QED) is 0.733. The van der Waals surface area contributed by atoms with Crippen LogP contribution in [0.5, 0.6) is 0 Å². The molecule has 0 saturated carbocycles. The number of aromatic nitrogens is 1. The number of hydrogen-bond donors (Lipinski definition) is 1. The summed E-state index contributed by atoms with van der Waals surface area (Å²) in [5.41, 5.74) is 7.25. The lowest BCUT2D eigenvalue weighted by Gasteiger charge is -2.22. The lowest BCUT2D eigenvalue weighted by molar-refractivity contribution is 0.548. The lowest BCUT2D eigenvalue weighted by atomic mass is 9.97. The Morgan fingerprint density at radius 2 is 2.06 bits per heavy atom. The minimum atomic E-state index is 0.607. The SMILES string of the molecule is Cc1ccc2c3c(n(C)c2c1C)C(C)CNC3. The Bertz CT molecular complexity index is 593. The van der Waals surface area contributed by atoms with Crippen molar-refractivity contribution in [1.29, 1.82) is 0 Å². The van der Waals surface area contributed by atoms with E-state index in [0.29, 0.717) is 5.92 Å². The predicted octanol–water partition coefficient (Wildman–Crippen LogP) is 3.00. The van der Waals surface area contributed by atoms with E-state index in [9.17, 15) is 0 Å². The highest BCUT2D eigenvalue weighted by atomic mass is 15.0. The molecule has 90 valence electrons. The fraction of sp³-hybridized carbons (Fsp3) is 0.467. The van der Waals surface area contributed by atoms with Gasteiger partial charge in [-0.15, -0.1) is 0 Å². The molecule has 0 aliphatic carbocycles. The highest BCUT2D eigenvalue weighted by molar-refractivity contribution is 5.89. The summed E-state index contributed by atoms with van der Waals surface area (Å²) in [5.74, 6) is 0.607. The Labute approximate surface area is 103 Å². The van der Waals surface area contributed by atoms with Gasteiger partial charge in [0, 0.05) is 37.1 Å². The van der Waals surface area contributed by atoms with Crippen molar-refractivity contribution in [2.45, 2.75) is 33.2 Å². The average Bonchev–Trinajstić information content (AvgIpc) is 2.59. The van der Waals surface area contributed by atoms with Crippen LogP contribution in [0.1, 0.15) is 35.2 Å². The molecule has 2 heteroatoms. The average molecular weight is 228 g/mol. The molecule has 1 atom stereocenters. The third-order valence-corrected chi connectivity index (χ3v) is 4.25. The van der Waals surface area contributed by atoms with E-state index >= 15 is 0 Å². The third-order valence-electron chi connectivity index (χ3n) is 4.25. The van der Waals surface area contributed by atoms with Gasteiger partial charge in [-0.05, 0) is 30.5 Å². The minimum Gasteiger partial charge on any atom is -0.347 e. The van der Waals surface area contributed by atoms with Gasteiger partial charge in [0.15, 0.2) is 0 Å². The Kier molecular flexibility index (Phi) is 2.30. The summed E-state index contributed by atoms with van der Waals surface area (Å²) >= 11 is 0. The second-order valence-corrected chi connectivity index (χ2v) is 5.36. The van der Waals surface area contributed by atoms with E-state index in [4.69, 9.17) is 0 Å². The van der Waals surface area contributed by atoms with Crippen molar-refractivity contribution in [3.8, 4) is 0 Å². The fourth-order valence-corrected chi connectivity index (χ4v) is 3.26. The summed E-state index contributed by atoms with van der Waals surface area (Å²) < 4.78 is 2.42. The largest absolute Gasteiger partial charge is 0.347 e. The van der Waals surface area contributed by atoms with E-state index < -0.39 is 0 Å². The minimum absolute atomic E-state index is 0.607. The highest BCUT2D eigenvalue weighted by Gasteiger charge is 2.24. The van der Waals surface area contributed by atoms with Crippen LogP contribution >= 0.6 is 0 Å². The molecule has 0 spiro atoms. The van der Waals surface area contributed by atoms with Crippen molar-refractivity contribution < 1.29 is 0 Å². The van der Waals surface area contributed by atoms with Crippen molar-refractivity contribution in [2.24, 2.45) is 7.05 Å². The molecule has 1 unspecified atom stereocenters. The van der Waals surface area contributed by atoms with Gasteiger partial charge in [-0.25, -0.2) is 0 Å². The molecule has 1 aliphatic rings. The van der Waals surface area contributed by atoms with Crippen LogP contribution in [0.15, 0.2) is 12.1 Å². The van der Waals surface area contributed by atoms with Gasteiger partial charge in [-0.3, -0.25) is 0 Å². The molecule has 0 fully saturated rings. The summed E-state index contributed by atoms with van der Waals surface area (Å²) in [4.78, 5) is 0. The number of nitrogens with zero attached hydrogens (tertiary/aromatic N) is 1. The van der Waals surface area contributed by atoms with Gasteiger partial charge in [0.05, 0.1) is 5.52 Å². The van der Waals surface area contributed by atoms with Gasteiger partial charge in [0.1, 0.15) is 0 Å². The van der Waals surface area contributed by atoms with Crippen LogP contribution in [0.2, 0.25) is 0 Å². The van der Waals surface area contributed by atoms with Crippen LogP contribution in [0, 0.1) is 13.8 Å². The van der Waals surface area contributed by atoms with Crippen molar-refractivity contribution >= 4 is 10.9 Å². The van der Waals surface area contributed by atoms with E-state index in [0.717, 1.165) is 13.1 Å². The second kappa shape index (κ2) is 3.61. The van der Waals surface area contributed by atoms with Crippen molar-refractivity contribution in [1.82, 2.24) is 9.88 Å². The molecule has 0 bridgehead atoms. The number of nitrogens with one attached hydrogen (secondary N) is 1. The van der Waals surface area contributed by atoms with Crippen LogP contribution < -0.4 is 5.32 Å².